The highest BCUT2D eigenvalue weighted by Crippen LogP contribution is 2.38. The van der Waals surface area contributed by atoms with E-state index in [1.807, 2.05) is 0 Å². The zero-order valence-corrected chi connectivity index (χ0v) is 13.2. The van der Waals surface area contributed by atoms with E-state index >= 15 is 0 Å². The number of carbonyl (C=O) groups excluding carboxylic acids is 1. The van der Waals surface area contributed by atoms with Gasteiger partial charge in [-0.3, -0.25) is 4.79 Å². The van der Waals surface area contributed by atoms with Crippen LogP contribution < -0.4 is 19.5 Å². The van der Waals surface area contributed by atoms with Gasteiger partial charge in [-0.2, -0.15) is 0 Å². The minimum absolute atomic E-state index is 0.00240. The fourth-order valence-corrected chi connectivity index (χ4v) is 1.97. The van der Waals surface area contributed by atoms with E-state index in [-0.39, 0.29) is 6.42 Å². The summed E-state index contributed by atoms with van der Waals surface area (Å²) >= 11 is 0. The van der Waals surface area contributed by atoms with Gasteiger partial charge in [0.05, 0.1) is 21.3 Å². The second kappa shape index (κ2) is 8.82. The lowest BCUT2D eigenvalue weighted by Gasteiger charge is -2.14. The van der Waals surface area contributed by atoms with Crippen molar-refractivity contribution in [3.8, 4) is 17.2 Å². The molecule has 1 unspecified atom stereocenters. The van der Waals surface area contributed by atoms with Gasteiger partial charge in [0.2, 0.25) is 11.7 Å². The van der Waals surface area contributed by atoms with Crippen molar-refractivity contribution >= 4 is 11.9 Å². The van der Waals surface area contributed by atoms with Crippen molar-refractivity contribution in [1.82, 2.24) is 5.32 Å². The normalized spacial score (nSPS) is 11.5. The van der Waals surface area contributed by atoms with Crippen LogP contribution in [0.3, 0.4) is 0 Å². The summed E-state index contributed by atoms with van der Waals surface area (Å²) in [5, 5.41) is 10.8. The zero-order chi connectivity index (χ0) is 17.4. The van der Waals surface area contributed by atoms with E-state index in [1.54, 1.807) is 12.1 Å². The van der Waals surface area contributed by atoms with E-state index in [1.165, 1.54) is 21.3 Å². The van der Waals surface area contributed by atoms with Crippen LogP contribution in [0.4, 0.5) is 4.39 Å². The van der Waals surface area contributed by atoms with Crippen LogP contribution in [-0.2, 0) is 16.0 Å². The van der Waals surface area contributed by atoms with E-state index in [0.717, 1.165) is 5.56 Å². The molecule has 0 aliphatic rings. The minimum atomic E-state index is -1.53. The van der Waals surface area contributed by atoms with Crippen molar-refractivity contribution in [3.63, 3.8) is 0 Å². The number of hydrogen-bond acceptors (Lipinski definition) is 5. The number of alkyl halides is 1. The first-order chi connectivity index (χ1) is 11.0. The van der Waals surface area contributed by atoms with Crippen LogP contribution in [0.2, 0.25) is 0 Å². The molecule has 0 radical (unpaired) electrons. The van der Waals surface area contributed by atoms with Crippen molar-refractivity contribution in [3.05, 3.63) is 17.7 Å². The van der Waals surface area contributed by atoms with Crippen LogP contribution in [0.15, 0.2) is 12.1 Å². The minimum Gasteiger partial charge on any atom is -0.493 e. The van der Waals surface area contributed by atoms with Crippen molar-refractivity contribution in [2.75, 3.05) is 28.0 Å². The van der Waals surface area contributed by atoms with Gasteiger partial charge in [-0.05, 0) is 24.1 Å². The number of benzene rings is 1. The molecule has 0 aromatic heterocycles. The largest absolute Gasteiger partial charge is 0.493 e. The molecule has 0 saturated heterocycles. The second-order valence-corrected chi connectivity index (χ2v) is 4.65. The van der Waals surface area contributed by atoms with Crippen molar-refractivity contribution in [2.45, 2.75) is 18.9 Å². The monoisotopic (exact) mass is 329 g/mol. The number of methoxy groups -OCH3 is 3. The maximum Gasteiger partial charge on any atom is 0.328 e. The summed E-state index contributed by atoms with van der Waals surface area (Å²) in [5.74, 6) is -0.618. The molecule has 0 saturated carbocycles. The Hall–Kier alpha value is -2.51. The van der Waals surface area contributed by atoms with Crippen LogP contribution >= 0.6 is 0 Å². The number of halogens is 1. The molecule has 1 aromatic rings. The summed E-state index contributed by atoms with van der Waals surface area (Å²) in [6.45, 7) is -1.16. The number of carbonyl (C=O) groups is 2. The summed E-state index contributed by atoms with van der Waals surface area (Å²) in [7, 11) is 4.44. The first-order valence-electron chi connectivity index (χ1n) is 6.83. The molecule has 0 heterocycles. The van der Waals surface area contributed by atoms with E-state index in [0.29, 0.717) is 23.7 Å². The summed E-state index contributed by atoms with van der Waals surface area (Å²) in [6.07, 6.45) is 0.309. The summed E-state index contributed by atoms with van der Waals surface area (Å²) in [4.78, 5) is 22.4. The lowest BCUT2D eigenvalue weighted by atomic mass is 10.1. The van der Waals surface area contributed by atoms with Crippen LogP contribution in [0.1, 0.15) is 12.0 Å². The number of amides is 1. The first-order valence-corrected chi connectivity index (χ1v) is 6.83. The molecule has 0 fully saturated rings. The lowest BCUT2D eigenvalue weighted by molar-refractivity contribution is -0.142. The Balaban J connectivity index is 2.78. The molecular formula is C15H20FNO6. The molecule has 23 heavy (non-hydrogen) atoms. The molecule has 0 aliphatic carbocycles. The zero-order valence-electron chi connectivity index (χ0n) is 13.2. The summed E-state index contributed by atoms with van der Waals surface area (Å²) in [6, 6.07) is 1.86. The van der Waals surface area contributed by atoms with Gasteiger partial charge in [0.25, 0.3) is 0 Å². The molecule has 1 aromatic carbocycles. The van der Waals surface area contributed by atoms with Gasteiger partial charge in [-0.25, -0.2) is 9.18 Å². The number of nitrogens with one attached hydrogen (secondary N) is 1. The predicted molar refractivity (Wildman–Crippen MR) is 80.0 cm³/mol. The fourth-order valence-electron chi connectivity index (χ4n) is 1.97. The SMILES string of the molecule is COc1cc(CCC(=O)NC(CF)C(=O)O)cc(OC)c1OC. The van der Waals surface area contributed by atoms with E-state index in [2.05, 4.69) is 5.32 Å². The average Bonchev–Trinajstić information content (AvgIpc) is 2.56. The van der Waals surface area contributed by atoms with E-state index in [4.69, 9.17) is 19.3 Å². The van der Waals surface area contributed by atoms with Crippen LogP contribution in [0, 0.1) is 0 Å². The van der Waals surface area contributed by atoms with Crippen molar-refractivity contribution in [2.24, 2.45) is 0 Å². The molecule has 128 valence electrons. The molecule has 8 heteroatoms. The Kier molecular flexibility index (Phi) is 7.11. The number of carboxylic acid groups (broad SMARTS) is 1. The molecule has 7 nitrogen and oxygen atoms in total. The summed E-state index contributed by atoms with van der Waals surface area (Å²) < 4.78 is 28.1. The first kappa shape index (κ1) is 18.5. The van der Waals surface area contributed by atoms with Crippen LogP contribution in [0.5, 0.6) is 17.2 Å². The molecule has 1 amide bonds. The Morgan fingerprint density at radius 3 is 2.13 bits per heavy atom. The van der Waals surface area contributed by atoms with Gasteiger partial charge in [0.1, 0.15) is 6.67 Å². The third-order valence-corrected chi connectivity index (χ3v) is 3.15. The molecule has 1 atom stereocenters. The Morgan fingerprint density at radius 1 is 1.17 bits per heavy atom. The molecular weight excluding hydrogens is 309 g/mol. The third kappa shape index (κ3) is 5.01. The smallest absolute Gasteiger partial charge is 0.328 e. The van der Waals surface area contributed by atoms with E-state index < -0.39 is 24.6 Å². The van der Waals surface area contributed by atoms with Gasteiger partial charge in [0, 0.05) is 6.42 Å². The van der Waals surface area contributed by atoms with Gasteiger partial charge in [0.15, 0.2) is 17.5 Å². The summed E-state index contributed by atoms with van der Waals surface area (Å²) in [5.41, 5.74) is 0.738. The highest BCUT2D eigenvalue weighted by Gasteiger charge is 2.20. The van der Waals surface area contributed by atoms with Crippen LogP contribution in [-0.4, -0.2) is 51.0 Å². The number of aliphatic carboxylic acids is 1. The molecule has 0 spiro atoms. The third-order valence-electron chi connectivity index (χ3n) is 3.15. The quantitative estimate of drug-likeness (QED) is 0.707. The molecule has 2 N–H and O–H groups in total. The Morgan fingerprint density at radius 2 is 1.74 bits per heavy atom. The number of carboxylic acids is 1. The number of rotatable bonds is 9. The van der Waals surface area contributed by atoms with Crippen molar-refractivity contribution in [1.29, 1.82) is 0 Å². The highest BCUT2D eigenvalue weighted by atomic mass is 19.1. The van der Waals surface area contributed by atoms with Gasteiger partial charge >= 0.3 is 5.97 Å². The van der Waals surface area contributed by atoms with Gasteiger partial charge in [-0.1, -0.05) is 0 Å². The predicted octanol–water partition coefficient (Wildman–Crippen LogP) is 1.18. The standard InChI is InChI=1S/C15H20FNO6/c1-21-11-6-9(7-12(22-2)14(11)23-3)4-5-13(18)17-10(8-16)15(19)20/h6-7,10H,4-5,8H2,1-3H3,(H,17,18)(H,19,20). The van der Waals surface area contributed by atoms with Gasteiger partial charge in [-0.15, -0.1) is 0 Å². The topological polar surface area (TPSA) is 94.1 Å². The highest BCUT2D eigenvalue weighted by molar-refractivity contribution is 5.83. The lowest BCUT2D eigenvalue weighted by Crippen LogP contribution is -2.42. The Bertz CT molecular complexity index is 538. The van der Waals surface area contributed by atoms with Crippen LogP contribution in [0.25, 0.3) is 0 Å². The molecule has 1 rings (SSSR count). The van der Waals surface area contributed by atoms with Gasteiger partial charge < -0.3 is 24.6 Å². The number of aryl methyl sites for hydroxylation is 1. The molecule has 0 aliphatic heterocycles. The fraction of sp³-hybridized carbons (Fsp3) is 0.467. The Labute approximate surface area is 133 Å². The average molecular weight is 329 g/mol. The number of ether oxygens (including phenoxy) is 3. The maximum atomic E-state index is 12.5. The maximum absolute atomic E-state index is 12.5. The molecule has 0 bridgehead atoms. The van der Waals surface area contributed by atoms with E-state index in [9.17, 15) is 14.0 Å². The van der Waals surface area contributed by atoms with Crippen molar-refractivity contribution < 1.29 is 33.3 Å². The second-order valence-electron chi connectivity index (χ2n) is 4.65. The number of hydrogen-bond donors (Lipinski definition) is 2.